The monoisotopic (exact) mass is 350 g/mol. The van der Waals surface area contributed by atoms with E-state index in [0.29, 0.717) is 16.9 Å². The van der Waals surface area contributed by atoms with Crippen LogP contribution < -0.4 is 10.6 Å². The topological polar surface area (TPSA) is 58.2 Å². The molecule has 0 fully saturated rings. The smallest absolute Gasteiger partial charge is 0.385 e. The van der Waals surface area contributed by atoms with E-state index in [1.165, 1.54) is 19.1 Å². The van der Waals surface area contributed by atoms with Gasteiger partial charge in [0.15, 0.2) is 5.78 Å². The zero-order valence-electron chi connectivity index (χ0n) is 13.5. The fourth-order valence-electron chi connectivity index (χ4n) is 2.14. The molecule has 0 aliphatic carbocycles. The molecule has 1 amide bonds. The lowest BCUT2D eigenvalue weighted by Gasteiger charge is -2.11. The molecule has 132 valence electrons. The highest BCUT2D eigenvalue weighted by molar-refractivity contribution is 5.95. The number of nitrogens with one attached hydrogen (secondary N) is 2. The highest BCUT2D eigenvalue weighted by atomic mass is 19.4. The van der Waals surface area contributed by atoms with E-state index in [4.69, 9.17) is 0 Å². The van der Waals surface area contributed by atoms with Gasteiger partial charge in [-0.2, -0.15) is 13.2 Å². The summed E-state index contributed by atoms with van der Waals surface area (Å²) in [6.45, 7) is 1.64. The van der Waals surface area contributed by atoms with Gasteiger partial charge in [0.1, 0.15) is 0 Å². The predicted molar refractivity (Wildman–Crippen MR) is 89.6 cm³/mol. The molecule has 2 rings (SSSR count). The van der Waals surface area contributed by atoms with Crippen LogP contribution in [0.15, 0.2) is 48.5 Å². The van der Waals surface area contributed by atoms with Crippen LogP contribution in [0.3, 0.4) is 0 Å². The van der Waals surface area contributed by atoms with Crippen LogP contribution >= 0.6 is 0 Å². The predicted octanol–water partition coefficient (Wildman–Crippen LogP) is 4.35. The van der Waals surface area contributed by atoms with Gasteiger partial charge in [0.05, 0.1) is 5.56 Å². The van der Waals surface area contributed by atoms with Crippen molar-refractivity contribution >= 4 is 23.1 Å². The van der Waals surface area contributed by atoms with Crippen LogP contribution in [-0.2, 0) is 11.0 Å². The van der Waals surface area contributed by atoms with Crippen LogP contribution in [0, 0.1) is 0 Å². The van der Waals surface area contributed by atoms with E-state index in [0.717, 1.165) is 12.1 Å². The largest absolute Gasteiger partial charge is 0.416 e. The van der Waals surface area contributed by atoms with Crippen molar-refractivity contribution in [2.45, 2.75) is 19.5 Å². The normalized spacial score (nSPS) is 11.0. The first-order valence-corrected chi connectivity index (χ1v) is 7.58. The first-order valence-electron chi connectivity index (χ1n) is 7.58. The lowest BCUT2D eigenvalue weighted by molar-refractivity contribution is -0.137. The van der Waals surface area contributed by atoms with E-state index in [-0.39, 0.29) is 24.7 Å². The molecule has 0 aliphatic heterocycles. The number of benzene rings is 2. The van der Waals surface area contributed by atoms with Gasteiger partial charge in [-0.3, -0.25) is 9.59 Å². The highest BCUT2D eigenvalue weighted by Crippen LogP contribution is 2.30. The third-order valence-corrected chi connectivity index (χ3v) is 3.45. The number of hydrogen-bond donors (Lipinski definition) is 2. The molecule has 7 heteroatoms. The number of hydrogen-bond acceptors (Lipinski definition) is 3. The maximum Gasteiger partial charge on any atom is 0.416 e. The van der Waals surface area contributed by atoms with Crippen molar-refractivity contribution in [1.29, 1.82) is 0 Å². The van der Waals surface area contributed by atoms with Gasteiger partial charge in [0, 0.05) is 29.9 Å². The zero-order chi connectivity index (χ0) is 18.4. The van der Waals surface area contributed by atoms with Crippen LogP contribution in [0.5, 0.6) is 0 Å². The maximum atomic E-state index is 12.6. The SMILES string of the molecule is CC(=O)c1ccc(NC(=O)CCNc2cccc(C(F)(F)F)c2)cc1. The Balaban J connectivity index is 1.83. The minimum Gasteiger partial charge on any atom is -0.385 e. The minimum atomic E-state index is -4.40. The molecular weight excluding hydrogens is 333 g/mol. The number of ketones is 1. The molecule has 0 aromatic heterocycles. The number of carbonyl (C=O) groups excluding carboxylic acids is 2. The van der Waals surface area contributed by atoms with E-state index in [9.17, 15) is 22.8 Å². The molecule has 2 N–H and O–H groups in total. The van der Waals surface area contributed by atoms with Gasteiger partial charge in [0.2, 0.25) is 5.91 Å². The molecular formula is C18H17F3N2O2. The van der Waals surface area contributed by atoms with Gasteiger partial charge in [-0.05, 0) is 49.4 Å². The summed E-state index contributed by atoms with van der Waals surface area (Å²) in [7, 11) is 0. The van der Waals surface area contributed by atoms with Gasteiger partial charge >= 0.3 is 6.18 Å². The Labute approximate surface area is 143 Å². The Morgan fingerprint density at radius 3 is 2.28 bits per heavy atom. The van der Waals surface area contributed by atoms with Crippen molar-refractivity contribution in [1.82, 2.24) is 0 Å². The molecule has 0 atom stereocenters. The minimum absolute atomic E-state index is 0.0665. The number of halogens is 3. The molecule has 2 aromatic carbocycles. The van der Waals surface area contributed by atoms with Crippen LogP contribution in [0.1, 0.15) is 29.3 Å². The van der Waals surface area contributed by atoms with E-state index in [2.05, 4.69) is 10.6 Å². The summed E-state index contributed by atoms with van der Waals surface area (Å²) in [4.78, 5) is 23.0. The summed E-state index contributed by atoms with van der Waals surface area (Å²) in [5.41, 5.74) is 0.652. The third kappa shape index (κ3) is 5.63. The molecule has 0 heterocycles. The average molecular weight is 350 g/mol. The Hall–Kier alpha value is -2.83. The molecule has 0 radical (unpaired) electrons. The summed E-state index contributed by atoms with van der Waals surface area (Å²) in [6.07, 6.45) is -4.31. The van der Waals surface area contributed by atoms with E-state index < -0.39 is 11.7 Å². The number of carbonyl (C=O) groups is 2. The van der Waals surface area contributed by atoms with E-state index in [1.807, 2.05) is 0 Å². The van der Waals surface area contributed by atoms with Gasteiger partial charge in [-0.1, -0.05) is 6.07 Å². The molecule has 0 saturated carbocycles. The average Bonchev–Trinajstić information content (AvgIpc) is 2.55. The molecule has 25 heavy (non-hydrogen) atoms. The van der Waals surface area contributed by atoms with E-state index >= 15 is 0 Å². The van der Waals surface area contributed by atoms with Crippen molar-refractivity contribution in [3.05, 3.63) is 59.7 Å². The summed E-state index contributed by atoms with van der Waals surface area (Å²) in [5.74, 6) is -0.349. The Morgan fingerprint density at radius 2 is 1.68 bits per heavy atom. The fourth-order valence-corrected chi connectivity index (χ4v) is 2.14. The second kappa shape index (κ2) is 7.83. The van der Waals surface area contributed by atoms with Crippen molar-refractivity contribution in [3.8, 4) is 0 Å². The van der Waals surface area contributed by atoms with Crippen LogP contribution in [0.4, 0.5) is 24.5 Å². The zero-order valence-corrected chi connectivity index (χ0v) is 13.5. The van der Waals surface area contributed by atoms with Crippen LogP contribution in [0.25, 0.3) is 0 Å². The van der Waals surface area contributed by atoms with Crippen molar-refractivity contribution in [3.63, 3.8) is 0 Å². The number of rotatable bonds is 6. The van der Waals surface area contributed by atoms with Crippen molar-refractivity contribution in [2.24, 2.45) is 0 Å². The van der Waals surface area contributed by atoms with E-state index in [1.54, 1.807) is 24.3 Å². The fraction of sp³-hybridized carbons (Fsp3) is 0.222. The molecule has 2 aromatic rings. The number of Topliss-reactive ketones (excluding diaryl/α,β-unsaturated/α-hetero) is 1. The maximum absolute atomic E-state index is 12.6. The second-order valence-electron chi connectivity index (χ2n) is 5.44. The summed E-state index contributed by atoms with van der Waals surface area (Å²) in [5, 5.41) is 5.45. The van der Waals surface area contributed by atoms with Crippen molar-refractivity contribution in [2.75, 3.05) is 17.2 Å². The van der Waals surface area contributed by atoms with Crippen LogP contribution in [0.2, 0.25) is 0 Å². The Kier molecular flexibility index (Phi) is 5.80. The Morgan fingerprint density at radius 1 is 1.00 bits per heavy atom. The highest BCUT2D eigenvalue weighted by Gasteiger charge is 2.30. The quantitative estimate of drug-likeness (QED) is 0.762. The molecule has 0 saturated heterocycles. The summed E-state index contributed by atoms with van der Waals surface area (Å²) >= 11 is 0. The molecule has 0 bridgehead atoms. The first-order chi connectivity index (χ1) is 11.8. The first kappa shape index (κ1) is 18.5. The number of anilines is 2. The number of amides is 1. The van der Waals surface area contributed by atoms with Gasteiger partial charge in [-0.25, -0.2) is 0 Å². The third-order valence-electron chi connectivity index (χ3n) is 3.45. The molecule has 0 spiro atoms. The van der Waals surface area contributed by atoms with Gasteiger partial charge < -0.3 is 10.6 Å². The number of alkyl halides is 3. The summed E-state index contributed by atoms with van der Waals surface area (Å²) in [6, 6.07) is 11.3. The standard InChI is InChI=1S/C18H17F3N2O2/c1-12(24)13-5-7-15(8-6-13)23-17(25)9-10-22-16-4-2-3-14(11-16)18(19,20)21/h2-8,11,22H,9-10H2,1H3,(H,23,25). The second-order valence-corrected chi connectivity index (χ2v) is 5.44. The molecule has 0 aliphatic rings. The lowest BCUT2D eigenvalue weighted by Crippen LogP contribution is -2.16. The summed E-state index contributed by atoms with van der Waals surface area (Å²) < 4.78 is 37.9. The molecule has 4 nitrogen and oxygen atoms in total. The van der Waals surface area contributed by atoms with Gasteiger partial charge in [-0.15, -0.1) is 0 Å². The molecule has 0 unspecified atom stereocenters. The van der Waals surface area contributed by atoms with Crippen LogP contribution in [-0.4, -0.2) is 18.2 Å². The lowest BCUT2D eigenvalue weighted by atomic mass is 10.1. The van der Waals surface area contributed by atoms with Crippen molar-refractivity contribution < 1.29 is 22.8 Å². The van der Waals surface area contributed by atoms with Gasteiger partial charge in [0.25, 0.3) is 0 Å². The Bertz CT molecular complexity index is 756.